The van der Waals surface area contributed by atoms with E-state index >= 15 is 0 Å². The van der Waals surface area contributed by atoms with Crippen molar-refractivity contribution in [3.05, 3.63) is 47.1 Å². The third-order valence-electron chi connectivity index (χ3n) is 4.81. The van der Waals surface area contributed by atoms with Gasteiger partial charge in [0, 0.05) is 0 Å². The molecule has 0 heterocycles. The van der Waals surface area contributed by atoms with Gasteiger partial charge in [0.15, 0.2) is 0 Å². The molecule has 0 fully saturated rings. The van der Waals surface area contributed by atoms with Gasteiger partial charge in [-0.2, -0.15) is 0 Å². The molecule has 0 bridgehead atoms. The topological polar surface area (TPSA) is 0 Å². The Morgan fingerprint density at radius 3 is 2.42 bits per heavy atom. The molecular formula is C19H30. The molecule has 19 heavy (non-hydrogen) atoms. The zero-order valence-corrected chi connectivity index (χ0v) is 13.6. The molecule has 0 saturated carbocycles. The molecule has 0 amide bonds. The summed E-state index contributed by atoms with van der Waals surface area (Å²) in [5.41, 5.74) is 4.76. The van der Waals surface area contributed by atoms with Gasteiger partial charge >= 0.3 is 0 Å². The van der Waals surface area contributed by atoms with Crippen LogP contribution in [-0.4, -0.2) is 0 Å². The normalized spacial score (nSPS) is 25.4. The van der Waals surface area contributed by atoms with Crippen LogP contribution in [-0.2, 0) is 0 Å². The Labute approximate surface area is 120 Å². The van der Waals surface area contributed by atoms with Gasteiger partial charge in [0.25, 0.3) is 0 Å². The highest BCUT2D eigenvalue weighted by Gasteiger charge is 2.28. The Morgan fingerprint density at radius 2 is 1.79 bits per heavy atom. The molecule has 0 nitrogen and oxygen atoms in total. The summed E-state index contributed by atoms with van der Waals surface area (Å²) in [5.74, 6) is 0.667. The molecule has 1 rings (SSSR count). The lowest BCUT2D eigenvalue weighted by Gasteiger charge is -2.34. The first-order valence-electron chi connectivity index (χ1n) is 7.53. The summed E-state index contributed by atoms with van der Waals surface area (Å²) in [7, 11) is 0. The fraction of sp³-hybridized carbons (Fsp3) is 0.579. The van der Waals surface area contributed by atoms with E-state index in [9.17, 15) is 0 Å². The van der Waals surface area contributed by atoms with E-state index in [1.54, 1.807) is 0 Å². The number of hydrogen-bond donors (Lipinski definition) is 0. The van der Waals surface area contributed by atoms with Crippen LogP contribution in [0.3, 0.4) is 0 Å². The summed E-state index contributed by atoms with van der Waals surface area (Å²) in [6.07, 6.45) is 14.8. The summed E-state index contributed by atoms with van der Waals surface area (Å²) in [6, 6.07) is 0. The maximum Gasteiger partial charge on any atom is -0.00978 e. The third-order valence-corrected chi connectivity index (χ3v) is 4.81. The Morgan fingerprint density at radius 1 is 1.16 bits per heavy atom. The highest BCUT2D eigenvalue weighted by molar-refractivity contribution is 5.31. The van der Waals surface area contributed by atoms with Crippen LogP contribution in [0.15, 0.2) is 47.1 Å². The van der Waals surface area contributed by atoms with Crippen LogP contribution in [0.4, 0.5) is 0 Å². The maximum absolute atomic E-state index is 2.42. The Kier molecular flexibility index (Phi) is 5.85. The van der Waals surface area contributed by atoms with Crippen molar-refractivity contribution in [2.75, 3.05) is 0 Å². The number of allylic oxidation sites excluding steroid dienone is 8. The molecule has 0 aromatic rings. The summed E-state index contributed by atoms with van der Waals surface area (Å²) < 4.78 is 0. The highest BCUT2D eigenvalue weighted by Crippen LogP contribution is 2.39. The van der Waals surface area contributed by atoms with Gasteiger partial charge in [-0.1, -0.05) is 62.3 Å². The van der Waals surface area contributed by atoms with Crippen molar-refractivity contribution in [1.82, 2.24) is 0 Å². The Hall–Kier alpha value is -1.04. The molecular weight excluding hydrogens is 228 g/mol. The van der Waals surface area contributed by atoms with Gasteiger partial charge < -0.3 is 0 Å². The van der Waals surface area contributed by atoms with Gasteiger partial charge in [0.1, 0.15) is 0 Å². The molecule has 0 aromatic heterocycles. The van der Waals surface area contributed by atoms with Crippen molar-refractivity contribution in [3.8, 4) is 0 Å². The van der Waals surface area contributed by atoms with Gasteiger partial charge in [-0.3, -0.25) is 0 Å². The van der Waals surface area contributed by atoms with Crippen molar-refractivity contribution in [2.45, 2.75) is 60.8 Å². The van der Waals surface area contributed by atoms with Crippen LogP contribution in [0.2, 0.25) is 0 Å². The molecule has 1 aliphatic rings. The molecule has 1 aliphatic carbocycles. The molecule has 1 unspecified atom stereocenters. The first-order chi connectivity index (χ1) is 8.89. The lowest BCUT2D eigenvalue weighted by Crippen LogP contribution is -2.23. The standard InChI is InChI=1S/C19H30/c1-7-10-18-12-9-8-11-15(2)13-14-16(3)19(5,6)17(18)4/h7-10,13,16H,11-12,14H2,1-6H3. The molecule has 1 atom stereocenters. The van der Waals surface area contributed by atoms with Crippen molar-refractivity contribution in [2.24, 2.45) is 11.3 Å². The molecule has 0 saturated heterocycles. The number of rotatable bonds is 1. The molecule has 0 heteroatoms. The summed E-state index contributed by atoms with van der Waals surface area (Å²) >= 11 is 0. The van der Waals surface area contributed by atoms with Crippen molar-refractivity contribution in [3.63, 3.8) is 0 Å². The van der Waals surface area contributed by atoms with Crippen LogP contribution in [0.5, 0.6) is 0 Å². The van der Waals surface area contributed by atoms with E-state index in [1.807, 2.05) is 0 Å². The van der Waals surface area contributed by atoms with Crippen molar-refractivity contribution < 1.29 is 0 Å². The lowest BCUT2D eigenvalue weighted by molar-refractivity contribution is 0.286. The van der Waals surface area contributed by atoms with Crippen LogP contribution in [0.1, 0.15) is 60.8 Å². The van der Waals surface area contributed by atoms with Gasteiger partial charge in [0.2, 0.25) is 0 Å². The fourth-order valence-corrected chi connectivity index (χ4v) is 2.57. The zero-order chi connectivity index (χ0) is 14.5. The molecule has 0 aliphatic heterocycles. The minimum Gasteiger partial charge on any atom is -0.0874 e. The van der Waals surface area contributed by atoms with Gasteiger partial charge in [-0.05, 0) is 56.9 Å². The smallest absolute Gasteiger partial charge is 0.00978 e. The second kappa shape index (κ2) is 6.93. The first-order valence-corrected chi connectivity index (χ1v) is 7.53. The highest BCUT2D eigenvalue weighted by atomic mass is 14.3. The zero-order valence-electron chi connectivity index (χ0n) is 13.6. The molecule has 106 valence electrons. The second-order valence-corrected chi connectivity index (χ2v) is 6.44. The van der Waals surface area contributed by atoms with E-state index in [0.29, 0.717) is 5.92 Å². The minimum absolute atomic E-state index is 0.254. The number of hydrogen-bond acceptors (Lipinski definition) is 0. The Balaban J connectivity index is 3.20. The molecule has 0 spiro atoms. The van der Waals surface area contributed by atoms with Gasteiger partial charge in [-0.25, -0.2) is 0 Å². The first kappa shape index (κ1) is 16.0. The van der Waals surface area contributed by atoms with Gasteiger partial charge in [0.05, 0.1) is 0 Å². The van der Waals surface area contributed by atoms with Crippen molar-refractivity contribution in [1.29, 1.82) is 0 Å². The predicted octanol–water partition coefficient (Wildman–Crippen LogP) is 6.23. The van der Waals surface area contributed by atoms with E-state index in [0.717, 1.165) is 12.8 Å². The average molecular weight is 258 g/mol. The SMILES string of the molecule is CC=CC1=C(C)C(C)(C)C(C)CC=C(C)CC=CC1. The summed E-state index contributed by atoms with van der Waals surface area (Å²) in [6.45, 7) is 13.8. The monoisotopic (exact) mass is 258 g/mol. The maximum atomic E-state index is 2.42. The van der Waals surface area contributed by atoms with Crippen LogP contribution in [0, 0.1) is 11.3 Å². The van der Waals surface area contributed by atoms with E-state index in [2.05, 4.69) is 71.9 Å². The van der Waals surface area contributed by atoms with E-state index < -0.39 is 0 Å². The average Bonchev–Trinajstić information content (AvgIpc) is 2.38. The van der Waals surface area contributed by atoms with E-state index in [1.165, 1.54) is 23.1 Å². The largest absolute Gasteiger partial charge is 0.0874 e. The van der Waals surface area contributed by atoms with E-state index in [4.69, 9.17) is 0 Å². The summed E-state index contributed by atoms with van der Waals surface area (Å²) in [5, 5.41) is 0. The molecule has 0 radical (unpaired) electrons. The second-order valence-electron chi connectivity index (χ2n) is 6.44. The van der Waals surface area contributed by atoms with Crippen LogP contribution in [0.25, 0.3) is 0 Å². The molecule has 0 N–H and O–H groups in total. The van der Waals surface area contributed by atoms with Crippen molar-refractivity contribution >= 4 is 0 Å². The fourth-order valence-electron chi connectivity index (χ4n) is 2.57. The Bertz CT molecular complexity index is 413. The van der Waals surface area contributed by atoms with Crippen LogP contribution < -0.4 is 0 Å². The van der Waals surface area contributed by atoms with Crippen LogP contribution >= 0.6 is 0 Å². The predicted molar refractivity (Wildman–Crippen MR) is 87.2 cm³/mol. The minimum atomic E-state index is 0.254. The quantitative estimate of drug-likeness (QED) is 0.489. The summed E-state index contributed by atoms with van der Waals surface area (Å²) in [4.78, 5) is 0. The third kappa shape index (κ3) is 4.23. The van der Waals surface area contributed by atoms with Gasteiger partial charge in [-0.15, -0.1) is 0 Å². The lowest BCUT2D eigenvalue weighted by atomic mass is 9.71. The van der Waals surface area contributed by atoms with E-state index in [-0.39, 0.29) is 5.41 Å². The molecule has 0 aromatic carbocycles.